The molecule has 0 aromatic carbocycles. The summed E-state index contributed by atoms with van der Waals surface area (Å²) in [6, 6.07) is 0. The average Bonchev–Trinajstić information content (AvgIpc) is 1.60. The van der Waals surface area contributed by atoms with Gasteiger partial charge in [-0.05, 0) is 0 Å². The van der Waals surface area contributed by atoms with Gasteiger partial charge in [-0.15, -0.1) is 0 Å². The summed E-state index contributed by atoms with van der Waals surface area (Å²) in [5.74, 6) is 1.17. The van der Waals surface area contributed by atoms with E-state index < -0.39 is 17.0 Å². The van der Waals surface area contributed by atoms with E-state index in [1.54, 1.807) is 0 Å². The zero-order chi connectivity index (χ0) is 9.86. The van der Waals surface area contributed by atoms with Gasteiger partial charge in [-0.1, -0.05) is 27.7 Å². The van der Waals surface area contributed by atoms with Crippen molar-refractivity contribution in [3.8, 4) is 0 Å². The van der Waals surface area contributed by atoms with Crippen LogP contribution in [0.25, 0.3) is 0 Å². The third kappa shape index (κ3) is 582. The molecule has 0 heterocycles. The molecule has 0 rings (SSSR count). The number of rotatable bonds is 0. The van der Waals surface area contributed by atoms with Gasteiger partial charge in [-0.25, -0.2) is 0 Å². The first-order valence-electron chi connectivity index (χ1n) is 3.50. The molecule has 0 aromatic rings. The molecule has 0 aliphatic carbocycles. The van der Waals surface area contributed by atoms with Gasteiger partial charge in [0.1, 0.15) is 0 Å². The van der Waals surface area contributed by atoms with Crippen LogP contribution < -0.4 is 0 Å². The Kier molecular flexibility index (Phi) is 28.7. The van der Waals surface area contributed by atoms with Crippen molar-refractivity contribution in [3.05, 3.63) is 13.8 Å². The molecule has 11 heavy (non-hydrogen) atoms. The molecular weight excluding hydrogens is 215 g/mol. The zero-order valence-electron chi connectivity index (χ0n) is 7.82. The van der Waals surface area contributed by atoms with Crippen molar-refractivity contribution in [2.24, 2.45) is 11.8 Å². The molecule has 0 aliphatic rings. The second kappa shape index (κ2) is 17.4. The quantitative estimate of drug-likeness (QED) is 0.431. The van der Waals surface area contributed by atoms with Crippen molar-refractivity contribution < 1.29 is 17.0 Å². The molecular formula is C8H18Cl2Ti-2. The monoisotopic (exact) mass is 232 g/mol. The fourth-order valence-electron chi connectivity index (χ4n) is 0. The molecule has 0 aromatic heterocycles. The summed E-state index contributed by atoms with van der Waals surface area (Å²) in [6.45, 7) is 15.5. The van der Waals surface area contributed by atoms with Gasteiger partial charge in [-0.3, -0.25) is 0 Å². The fourth-order valence-corrected chi connectivity index (χ4v) is 0. The molecule has 0 unspecified atom stereocenters. The van der Waals surface area contributed by atoms with E-state index >= 15 is 0 Å². The first-order valence-corrected chi connectivity index (χ1v) is 7.80. The standard InChI is InChI=1S/2C4H9.2ClH.Ti/c2*1-4(2)3;;;/h2*4H,1H2,2-3H3;2*1H;/q2*-1;;;+2/p-2. The Labute approximate surface area is 88.7 Å². The Balaban J connectivity index is -0.0000000886. The molecule has 0 saturated carbocycles. The molecule has 0 N–H and O–H groups in total. The normalized spacial score (nSPS) is 7.82. The molecule has 0 atom stereocenters. The van der Waals surface area contributed by atoms with Gasteiger partial charge in [-0.2, -0.15) is 11.8 Å². The van der Waals surface area contributed by atoms with Crippen LogP contribution in [0.2, 0.25) is 0 Å². The van der Waals surface area contributed by atoms with Crippen molar-refractivity contribution in [2.45, 2.75) is 27.7 Å². The van der Waals surface area contributed by atoms with Crippen LogP contribution in [-0.4, -0.2) is 0 Å². The fraction of sp³-hybridized carbons (Fsp3) is 0.750. The Morgan fingerprint density at radius 2 is 0.909 bits per heavy atom. The van der Waals surface area contributed by atoms with Gasteiger partial charge in [0.25, 0.3) is 0 Å². The second-order valence-electron chi connectivity index (χ2n) is 2.86. The average molecular weight is 233 g/mol. The Bertz CT molecular complexity index is 35.8. The summed E-state index contributed by atoms with van der Waals surface area (Å²) in [7, 11) is 9.78. The van der Waals surface area contributed by atoms with Crippen molar-refractivity contribution >= 4 is 18.6 Å². The number of halogens is 2. The van der Waals surface area contributed by atoms with Crippen LogP contribution in [0, 0.1) is 25.7 Å². The summed E-state index contributed by atoms with van der Waals surface area (Å²) in [4.78, 5) is 0. The third-order valence-electron chi connectivity index (χ3n) is 0. The van der Waals surface area contributed by atoms with E-state index in [4.69, 9.17) is 18.6 Å². The topological polar surface area (TPSA) is 0 Å². The summed E-state index contributed by atoms with van der Waals surface area (Å²) in [5, 5.41) is 0. The summed E-state index contributed by atoms with van der Waals surface area (Å²) in [6.07, 6.45) is 0. The minimum absolute atomic E-state index is 0.556. The SMILES string of the molecule is [CH2-]C(C)C.[CH2-]C(C)C.[Cl][Ti][Cl]. The molecule has 0 nitrogen and oxygen atoms in total. The Morgan fingerprint density at radius 3 is 0.909 bits per heavy atom. The first-order chi connectivity index (χ1) is 4.88. The molecule has 0 aliphatic heterocycles. The van der Waals surface area contributed by atoms with Gasteiger partial charge in [0, 0.05) is 0 Å². The van der Waals surface area contributed by atoms with E-state index in [2.05, 4.69) is 41.5 Å². The summed E-state index contributed by atoms with van der Waals surface area (Å²) < 4.78 is 0. The second-order valence-corrected chi connectivity index (χ2v) is 5.44. The van der Waals surface area contributed by atoms with Crippen LogP contribution >= 0.6 is 18.6 Å². The first kappa shape index (κ1) is 18.2. The van der Waals surface area contributed by atoms with Crippen LogP contribution in [0.4, 0.5) is 0 Å². The molecule has 0 spiro atoms. The predicted octanol–water partition coefficient (Wildman–Crippen LogP) is 4.33. The molecule has 0 amide bonds. The van der Waals surface area contributed by atoms with E-state index in [-0.39, 0.29) is 0 Å². The Morgan fingerprint density at radius 1 is 0.909 bits per heavy atom. The maximum atomic E-state index is 4.89. The molecule has 0 saturated heterocycles. The van der Waals surface area contributed by atoms with Gasteiger partial charge in [0.15, 0.2) is 0 Å². The van der Waals surface area contributed by atoms with Crippen molar-refractivity contribution in [1.82, 2.24) is 0 Å². The van der Waals surface area contributed by atoms with Gasteiger partial charge in [0.2, 0.25) is 0 Å². The van der Waals surface area contributed by atoms with Crippen LogP contribution in [0.15, 0.2) is 0 Å². The van der Waals surface area contributed by atoms with E-state index in [1.807, 2.05) is 0 Å². The molecule has 3 heteroatoms. The summed E-state index contributed by atoms with van der Waals surface area (Å²) in [5.41, 5.74) is 0. The molecule has 0 radical (unpaired) electrons. The summed E-state index contributed by atoms with van der Waals surface area (Å²) >= 11 is -0.556. The zero-order valence-corrected chi connectivity index (χ0v) is 10.9. The molecule has 70 valence electrons. The van der Waals surface area contributed by atoms with Crippen molar-refractivity contribution in [2.75, 3.05) is 0 Å². The van der Waals surface area contributed by atoms with Gasteiger partial charge < -0.3 is 13.8 Å². The van der Waals surface area contributed by atoms with Crippen LogP contribution in [0.3, 0.4) is 0 Å². The van der Waals surface area contributed by atoms with E-state index in [0.717, 1.165) is 0 Å². The number of hydrogen-bond acceptors (Lipinski definition) is 0. The van der Waals surface area contributed by atoms with Crippen LogP contribution in [0.5, 0.6) is 0 Å². The molecule has 0 bridgehead atoms. The predicted molar refractivity (Wildman–Crippen MR) is 52.1 cm³/mol. The minimum atomic E-state index is -0.556. The van der Waals surface area contributed by atoms with Gasteiger partial charge in [0.05, 0.1) is 0 Å². The van der Waals surface area contributed by atoms with Crippen molar-refractivity contribution in [1.29, 1.82) is 0 Å². The van der Waals surface area contributed by atoms with Gasteiger partial charge >= 0.3 is 35.6 Å². The van der Waals surface area contributed by atoms with Crippen LogP contribution in [-0.2, 0) is 17.0 Å². The van der Waals surface area contributed by atoms with Crippen molar-refractivity contribution in [3.63, 3.8) is 0 Å². The van der Waals surface area contributed by atoms with Crippen LogP contribution in [0.1, 0.15) is 27.7 Å². The van der Waals surface area contributed by atoms with E-state index in [0.29, 0.717) is 11.8 Å². The maximum absolute atomic E-state index is 4.89. The molecule has 0 fully saturated rings. The third-order valence-corrected chi connectivity index (χ3v) is 0. The van der Waals surface area contributed by atoms with E-state index in [9.17, 15) is 0 Å². The number of hydrogen-bond donors (Lipinski definition) is 0. The Hall–Kier alpha value is 1.29. The van der Waals surface area contributed by atoms with E-state index in [1.165, 1.54) is 0 Å².